The number of carbonyl (C=O) groups is 1. The normalized spacial score (nSPS) is 20.8. The van der Waals surface area contributed by atoms with Gasteiger partial charge in [0.05, 0.1) is 12.1 Å². The molecule has 2 atom stereocenters. The summed E-state index contributed by atoms with van der Waals surface area (Å²) in [5.41, 5.74) is 0.687. The zero-order valence-corrected chi connectivity index (χ0v) is 13.2. The lowest BCUT2D eigenvalue weighted by Gasteiger charge is -2.21. The second-order valence-corrected chi connectivity index (χ2v) is 6.27. The van der Waals surface area contributed by atoms with Gasteiger partial charge in [-0.3, -0.25) is 4.79 Å². The standard InChI is InChI=1S/C14H21BrN2O2/c1-9(2)17-8-11(15)7-12(17)14(18)16-10(3)13-5-4-6-19-13/h7-10,13H,4-6H2,1-3H3,(H,16,18). The summed E-state index contributed by atoms with van der Waals surface area (Å²) in [4.78, 5) is 12.3. The molecule has 2 unspecified atom stereocenters. The molecule has 4 nitrogen and oxygen atoms in total. The third kappa shape index (κ3) is 3.39. The summed E-state index contributed by atoms with van der Waals surface area (Å²) < 4.78 is 8.50. The Balaban J connectivity index is 2.06. The summed E-state index contributed by atoms with van der Waals surface area (Å²) in [6, 6.07) is 2.16. The van der Waals surface area contributed by atoms with Crippen molar-refractivity contribution < 1.29 is 9.53 Å². The molecule has 0 saturated carbocycles. The molecule has 1 fully saturated rings. The Hall–Kier alpha value is -0.810. The first-order valence-electron chi connectivity index (χ1n) is 6.79. The van der Waals surface area contributed by atoms with Gasteiger partial charge in [0.15, 0.2) is 0 Å². The van der Waals surface area contributed by atoms with Crippen LogP contribution in [0.4, 0.5) is 0 Å². The minimum Gasteiger partial charge on any atom is -0.376 e. The van der Waals surface area contributed by atoms with Gasteiger partial charge in [0.25, 0.3) is 5.91 Å². The summed E-state index contributed by atoms with van der Waals surface area (Å²) in [5.74, 6) is -0.0394. The molecule has 0 bridgehead atoms. The van der Waals surface area contributed by atoms with E-state index in [0.717, 1.165) is 23.9 Å². The highest BCUT2D eigenvalue weighted by Gasteiger charge is 2.25. The lowest BCUT2D eigenvalue weighted by Crippen LogP contribution is -2.41. The minimum absolute atomic E-state index is 0.0394. The molecule has 1 aromatic rings. The molecule has 1 saturated heterocycles. The van der Waals surface area contributed by atoms with Gasteiger partial charge in [0, 0.05) is 23.3 Å². The Bertz CT molecular complexity index is 450. The van der Waals surface area contributed by atoms with Crippen molar-refractivity contribution >= 4 is 21.8 Å². The highest BCUT2D eigenvalue weighted by Crippen LogP contribution is 2.20. The Labute approximate surface area is 122 Å². The van der Waals surface area contributed by atoms with Crippen LogP contribution < -0.4 is 5.32 Å². The number of carbonyl (C=O) groups excluding carboxylic acids is 1. The van der Waals surface area contributed by atoms with E-state index in [1.807, 2.05) is 23.8 Å². The van der Waals surface area contributed by atoms with Crippen LogP contribution in [0.2, 0.25) is 0 Å². The van der Waals surface area contributed by atoms with Crippen LogP contribution in [0, 0.1) is 0 Å². The van der Waals surface area contributed by atoms with E-state index in [4.69, 9.17) is 4.74 Å². The van der Waals surface area contributed by atoms with Crippen LogP contribution in [0.5, 0.6) is 0 Å². The van der Waals surface area contributed by atoms with E-state index in [9.17, 15) is 4.79 Å². The summed E-state index contributed by atoms with van der Waals surface area (Å²) in [5, 5.41) is 3.04. The van der Waals surface area contributed by atoms with Crippen molar-refractivity contribution in [3.8, 4) is 0 Å². The van der Waals surface area contributed by atoms with Crippen LogP contribution >= 0.6 is 15.9 Å². The van der Waals surface area contributed by atoms with E-state index in [0.29, 0.717) is 5.69 Å². The molecule has 1 aliphatic rings. The van der Waals surface area contributed by atoms with Gasteiger partial charge in [-0.05, 0) is 55.6 Å². The molecule has 19 heavy (non-hydrogen) atoms. The zero-order valence-electron chi connectivity index (χ0n) is 11.6. The fraction of sp³-hybridized carbons (Fsp3) is 0.643. The van der Waals surface area contributed by atoms with Crippen molar-refractivity contribution in [3.05, 3.63) is 22.4 Å². The largest absolute Gasteiger partial charge is 0.376 e. The van der Waals surface area contributed by atoms with Crippen LogP contribution in [-0.2, 0) is 4.74 Å². The first-order chi connectivity index (χ1) is 8.99. The number of halogens is 1. The van der Waals surface area contributed by atoms with Crippen LogP contribution in [0.15, 0.2) is 16.7 Å². The molecule has 1 aliphatic heterocycles. The maximum atomic E-state index is 12.3. The molecule has 5 heteroatoms. The van der Waals surface area contributed by atoms with Crippen molar-refractivity contribution in [2.24, 2.45) is 0 Å². The van der Waals surface area contributed by atoms with Gasteiger partial charge in [-0.2, -0.15) is 0 Å². The van der Waals surface area contributed by atoms with Gasteiger partial charge in [0.2, 0.25) is 0 Å². The smallest absolute Gasteiger partial charge is 0.268 e. The fourth-order valence-corrected chi connectivity index (χ4v) is 2.86. The highest BCUT2D eigenvalue weighted by atomic mass is 79.9. The predicted octanol–water partition coefficient (Wildman–Crippen LogP) is 3.13. The quantitative estimate of drug-likeness (QED) is 0.922. The average Bonchev–Trinajstić information content (AvgIpc) is 2.96. The summed E-state index contributed by atoms with van der Waals surface area (Å²) in [6.45, 7) is 6.93. The first-order valence-corrected chi connectivity index (χ1v) is 7.58. The third-order valence-electron chi connectivity index (χ3n) is 3.49. The van der Waals surface area contributed by atoms with Gasteiger partial charge >= 0.3 is 0 Å². The number of aromatic nitrogens is 1. The topological polar surface area (TPSA) is 43.3 Å². The van der Waals surface area contributed by atoms with E-state index in [-0.39, 0.29) is 24.1 Å². The van der Waals surface area contributed by atoms with E-state index < -0.39 is 0 Å². The Morgan fingerprint density at radius 2 is 2.26 bits per heavy atom. The van der Waals surface area contributed by atoms with Crippen molar-refractivity contribution in [1.82, 2.24) is 9.88 Å². The van der Waals surface area contributed by atoms with Crippen LogP contribution in [0.3, 0.4) is 0 Å². The average molecular weight is 329 g/mol. The van der Waals surface area contributed by atoms with Gasteiger partial charge < -0.3 is 14.6 Å². The molecule has 1 amide bonds. The van der Waals surface area contributed by atoms with Gasteiger partial charge in [-0.15, -0.1) is 0 Å². The number of rotatable bonds is 4. The van der Waals surface area contributed by atoms with E-state index in [1.54, 1.807) is 0 Å². The minimum atomic E-state index is -0.0394. The molecule has 1 N–H and O–H groups in total. The second-order valence-electron chi connectivity index (χ2n) is 5.36. The molecule has 0 radical (unpaired) electrons. The zero-order chi connectivity index (χ0) is 14.0. The van der Waals surface area contributed by atoms with Crippen LogP contribution in [-0.4, -0.2) is 29.2 Å². The third-order valence-corrected chi connectivity index (χ3v) is 3.92. The van der Waals surface area contributed by atoms with Crippen molar-refractivity contribution in [3.63, 3.8) is 0 Å². The number of ether oxygens (including phenoxy) is 1. The SMILES string of the molecule is CC(NC(=O)c1cc(Br)cn1C(C)C)C1CCCO1. The Morgan fingerprint density at radius 1 is 1.53 bits per heavy atom. The molecule has 0 spiro atoms. The fourth-order valence-electron chi connectivity index (χ4n) is 2.43. The maximum absolute atomic E-state index is 12.3. The maximum Gasteiger partial charge on any atom is 0.268 e. The molecule has 106 valence electrons. The Kier molecular flexibility index (Phi) is 4.68. The number of nitrogens with one attached hydrogen (secondary N) is 1. The lowest BCUT2D eigenvalue weighted by molar-refractivity contribution is 0.0706. The van der Waals surface area contributed by atoms with Crippen molar-refractivity contribution in [1.29, 1.82) is 0 Å². The number of nitrogens with zero attached hydrogens (tertiary/aromatic N) is 1. The first kappa shape index (κ1) is 14.6. The molecule has 1 aromatic heterocycles. The van der Waals surface area contributed by atoms with Crippen LogP contribution in [0.1, 0.15) is 50.1 Å². The number of hydrogen-bond acceptors (Lipinski definition) is 2. The van der Waals surface area contributed by atoms with Crippen molar-refractivity contribution in [2.45, 2.75) is 51.8 Å². The number of hydrogen-bond donors (Lipinski definition) is 1. The van der Waals surface area contributed by atoms with E-state index in [2.05, 4.69) is 35.1 Å². The monoisotopic (exact) mass is 328 g/mol. The van der Waals surface area contributed by atoms with Gasteiger partial charge in [-0.25, -0.2) is 0 Å². The highest BCUT2D eigenvalue weighted by molar-refractivity contribution is 9.10. The summed E-state index contributed by atoms with van der Waals surface area (Å²) in [7, 11) is 0. The summed E-state index contributed by atoms with van der Waals surface area (Å²) in [6.07, 6.45) is 4.20. The lowest BCUT2D eigenvalue weighted by atomic mass is 10.1. The summed E-state index contributed by atoms with van der Waals surface area (Å²) >= 11 is 3.43. The van der Waals surface area contributed by atoms with Crippen LogP contribution in [0.25, 0.3) is 0 Å². The predicted molar refractivity (Wildman–Crippen MR) is 78.4 cm³/mol. The van der Waals surface area contributed by atoms with Gasteiger partial charge in [-0.1, -0.05) is 0 Å². The Morgan fingerprint density at radius 3 is 2.84 bits per heavy atom. The van der Waals surface area contributed by atoms with E-state index in [1.165, 1.54) is 0 Å². The molecule has 0 aromatic carbocycles. The van der Waals surface area contributed by atoms with Gasteiger partial charge in [0.1, 0.15) is 5.69 Å². The second kappa shape index (κ2) is 6.09. The molecule has 0 aliphatic carbocycles. The van der Waals surface area contributed by atoms with Crippen molar-refractivity contribution in [2.75, 3.05) is 6.61 Å². The molecular formula is C14H21BrN2O2. The number of amides is 1. The van der Waals surface area contributed by atoms with E-state index >= 15 is 0 Å². The molecular weight excluding hydrogens is 308 g/mol. The molecule has 2 heterocycles. The molecule has 2 rings (SSSR count).